The molecule has 0 spiro atoms. The number of pyridine rings is 1. The van der Waals surface area contributed by atoms with Gasteiger partial charge in [-0.2, -0.15) is 5.26 Å². The summed E-state index contributed by atoms with van der Waals surface area (Å²) in [5, 5.41) is 12.1. The third kappa shape index (κ3) is 3.54. The number of carbonyl (C=O) groups excluding carboxylic acids is 2. The number of hydrogen-bond acceptors (Lipinski definition) is 4. The Morgan fingerprint density at radius 3 is 2.52 bits per heavy atom. The van der Waals surface area contributed by atoms with Crippen LogP contribution in [0.5, 0.6) is 5.75 Å². The Kier molecular flexibility index (Phi) is 4.61. The molecule has 31 heavy (non-hydrogen) atoms. The average Bonchev–Trinajstić information content (AvgIpc) is 3.17. The maximum Gasteiger partial charge on any atom is 0.573 e. The lowest BCUT2D eigenvalue weighted by Crippen LogP contribution is -2.40. The molecule has 1 aliphatic rings. The fourth-order valence-corrected chi connectivity index (χ4v) is 3.62. The molecule has 0 saturated carbocycles. The summed E-state index contributed by atoms with van der Waals surface area (Å²) in [7, 11) is 0. The molecule has 4 rings (SSSR count). The van der Waals surface area contributed by atoms with Crippen molar-refractivity contribution in [1.82, 2.24) is 14.6 Å². The minimum atomic E-state index is -4.83. The van der Waals surface area contributed by atoms with Crippen molar-refractivity contribution in [3.63, 3.8) is 0 Å². The van der Waals surface area contributed by atoms with Gasteiger partial charge in [0.25, 0.3) is 5.91 Å². The van der Waals surface area contributed by atoms with Crippen LogP contribution in [0.1, 0.15) is 23.6 Å². The number of urea groups is 1. The molecule has 0 bridgehead atoms. The van der Waals surface area contributed by atoms with Crippen LogP contribution in [-0.2, 0) is 16.9 Å². The van der Waals surface area contributed by atoms with Gasteiger partial charge in [0, 0.05) is 18.0 Å². The van der Waals surface area contributed by atoms with Crippen molar-refractivity contribution in [3.8, 4) is 11.8 Å². The molecule has 3 heterocycles. The van der Waals surface area contributed by atoms with Crippen LogP contribution in [0.2, 0.25) is 0 Å². The molecule has 1 N–H and O–H groups in total. The van der Waals surface area contributed by atoms with Crippen molar-refractivity contribution >= 4 is 17.5 Å². The monoisotopic (exact) mass is 428 g/mol. The second-order valence-corrected chi connectivity index (χ2v) is 7.15. The number of carbonyl (C=O) groups is 2. The van der Waals surface area contributed by atoms with Crippen LogP contribution >= 0.6 is 0 Å². The lowest BCUT2D eigenvalue weighted by molar-refractivity contribution is -0.274. The Balaban J connectivity index is 1.61. The lowest BCUT2D eigenvalue weighted by Gasteiger charge is -2.22. The third-order valence-electron chi connectivity index (χ3n) is 5.14. The van der Waals surface area contributed by atoms with E-state index in [2.05, 4.69) is 16.1 Å². The fraction of sp³-hybridized carbons (Fsp3) is 0.190. The number of nitriles is 1. The Bertz CT molecular complexity index is 1230. The Morgan fingerprint density at radius 1 is 1.16 bits per heavy atom. The van der Waals surface area contributed by atoms with Crippen molar-refractivity contribution in [2.75, 3.05) is 0 Å². The summed E-state index contributed by atoms with van der Waals surface area (Å²) < 4.78 is 42.7. The first-order valence-electron chi connectivity index (χ1n) is 9.11. The van der Waals surface area contributed by atoms with E-state index < -0.39 is 29.6 Å². The molecule has 1 saturated heterocycles. The number of hydrogen-bond donors (Lipinski definition) is 1. The van der Waals surface area contributed by atoms with Crippen LogP contribution in [0.15, 0.2) is 54.9 Å². The molecule has 3 amide bonds. The van der Waals surface area contributed by atoms with Gasteiger partial charge >= 0.3 is 12.4 Å². The third-order valence-corrected chi connectivity index (χ3v) is 5.14. The van der Waals surface area contributed by atoms with Gasteiger partial charge in [-0.05, 0) is 36.8 Å². The molecule has 10 heteroatoms. The van der Waals surface area contributed by atoms with E-state index in [0.29, 0.717) is 22.2 Å². The predicted octanol–water partition coefficient (Wildman–Crippen LogP) is 3.68. The van der Waals surface area contributed by atoms with Gasteiger partial charge in [0.2, 0.25) is 0 Å². The molecule has 0 radical (unpaired) electrons. The molecule has 0 aliphatic carbocycles. The van der Waals surface area contributed by atoms with Crippen molar-refractivity contribution in [2.45, 2.75) is 25.4 Å². The second kappa shape index (κ2) is 7.05. The molecular formula is C21H15F3N4O3. The van der Waals surface area contributed by atoms with Gasteiger partial charge in [0.15, 0.2) is 0 Å². The van der Waals surface area contributed by atoms with Crippen molar-refractivity contribution < 1.29 is 27.5 Å². The highest BCUT2D eigenvalue weighted by atomic mass is 19.4. The fourth-order valence-electron chi connectivity index (χ4n) is 3.62. The molecule has 7 nitrogen and oxygen atoms in total. The quantitative estimate of drug-likeness (QED) is 0.643. The summed E-state index contributed by atoms with van der Waals surface area (Å²) >= 11 is 0. The van der Waals surface area contributed by atoms with Gasteiger partial charge in [0.05, 0.1) is 17.6 Å². The van der Waals surface area contributed by atoms with E-state index in [4.69, 9.17) is 0 Å². The Morgan fingerprint density at radius 2 is 1.87 bits per heavy atom. The lowest BCUT2D eigenvalue weighted by atomic mass is 9.92. The van der Waals surface area contributed by atoms with Crippen molar-refractivity contribution in [2.24, 2.45) is 0 Å². The van der Waals surface area contributed by atoms with E-state index in [1.54, 1.807) is 35.0 Å². The molecule has 1 aromatic carbocycles. The molecule has 158 valence electrons. The SMILES string of the molecule is CC1(c2ccc(OC(F)(F)F)cc2)NC(=O)N(Cc2cn3ccccc3c2C#N)C1=O. The minimum Gasteiger partial charge on any atom is -0.406 e. The van der Waals surface area contributed by atoms with E-state index in [-0.39, 0.29) is 6.54 Å². The summed E-state index contributed by atoms with van der Waals surface area (Å²) in [6.07, 6.45) is -1.41. The van der Waals surface area contributed by atoms with Crippen LogP contribution in [0, 0.1) is 11.3 Å². The zero-order valence-corrected chi connectivity index (χ0v) is 16.1. The second-order valence-electron chi connectivity index (χ2n) is 7.15. The number of nitrogens with one attached hydrogen (secondary N) is 1. The number of alkyl halides is 3. The molecule has 1 atom stereocenters. The predicted molar refractivity (Wildman–Crippen MR) is 102 cm³/mol. The van der Waals surface area contributed by atoms with E-state index >= 15 is 0 Å². The van der Waals surface area contributed by atoms with Crippen LogP contribution in [-0.4, -0.2) is 27.6 Å². The Hall–Kier alpha value is -4.00. The number of benzene rings is 1. The van der Waals surface area contributed by atoms with Gasteiger partial charge in [-0.1, -0.05) is 18.2 Å². The first kappa shape index (κ1) is 20.3. The van der Waals surface area contributed by atoms with Gasteiger partial charge in [-0.15, -0.1) is 13.2 Å². The average molecular weight is 428 g/mol. The number of rotatable bonds is 4. The summed E-state index contributed by atoms with van der Waals surface area (Å²) in [6, 6.07) is 11.5. The molecule has 1 unspecified atom stereocenters. The summed E-state index contributed by atoms with van der Waals surface area (Å²) in [5.74, 6) is -1.02. The highest BCUT2D eigenvalue weighted by molar-refractivity contribution is 6.07. The topological polar surface area (TPSA) is 86.8 Å². The Labute approximate surface area is 174 Å². The zero-order chi connectivity index (χ0) is 22.4. The molecule has 3 aromatic rings. The molecular weight excluding hydrogens is 413 g/mol. The summed E-state index contributed by atoms with van der Waals surface area (Å²) in [6.45, 7) is 1.34. The largest absolute Gasteiger partial charge is 0.573 e. The van der Waals surface area contributed by atoms with E-state index in [1.807, 2.05) is 0 Å². The van der Waals surface area contributed by atoms with Crippen molar-refractivity contribution in [3.05, 3.63) is 71.5 Å². The number of aromatic nitrogens is 1. The maximum absolute atomic E-state index is 13.1. The van der Waals surface area contributed by atoms with Gasteiger partial charge in [-0.3, -0.25) is 9.69 Å². The highest BCUT2D eigenvalue weighted by Gasteiger charge is 2.49. The van der Waals surface area contributed by atoms with Crippen LogP contribution in [0.25, 0.3) is 5.52 Å². The van der Waals surface area contributed by atoms with Gasteiger partial charge < -0.3 is 14.5 Å². The summed E-state index contributed by atoms with van der Waals surface area (Å²) in [4.78, 5) is 26.7. The highest BCUT2D eigenvalue weighted by Crippen LogP contribution is 2.32. The number of imide groups is 1. The van der Waals surface area contributed by atoms with Crippen LogP contribution in [0.3, 0.4) is 0 Å². The number of amides is 3. The first-order chi connectivity index (χ1) is 14.6. The van der Waals surface area contributed by atoms with E-state index in [0.717, 1.165) is 17.0 Å². The maximum atomic E-state index is 13.1. The molecule has 2 aromatic heterocycles. The number of nitrogens with zero attached hydrogens (tertiary/aromatic N) is 3. The summed E-state index contributed by atoms with van der Waals surface area (Å²) in [5.41, 5.74) is 0.319. The van der Waals surface area contributed by atoms with E-state index in [9.17, 15) is 28.0 Å². The van der Waals surface area contributed by atoms with Crippen LogP contribution in [0.4, 0.5) is 18.0 Å². The smallest absolute Gasteiger partial charge is 0.406 e. The van der Waals surface area contributed by atoms with Crippen LogP contribution < -0.4 is 10.1 Å². The number of fused-ring (bicyclic) bond motifs is 1. The minimum absolute atomic E-state index is 0.125. The van der Waals surface area contributed by atoms with Crippen molar-refractivity contribution in [1.29, 1.82) is 5.26 Å². The number of halogens is 3. The first-order valence-corrected chi connectivity index (χ1v) is 9.11. The van der Waals surface area contributed by atoms with E-state index in [1.165, 1.54) is 19.1 Å². The van der Waals surface area contributed by atoms with Gasteiger partial charge in [0.1, 0.15) is 17.4 Å². The molecule has 1 aliphatic heterocycles. The molecule has 1 fully saturated rings. The number of ether oxygens (including phenoxy) is 1. The van der Waals surface area contributed by atoms with Gasteiger partial charge in [-0.25, -0.2) is 4.79 Å². The standard InChI is InChI=1S/C21H15F3N4O3/c1-20(14-5-7-15(8-6-14)31-21(22,23)24)18(29)28(19(30)26-20)12-13-11-27-9-3-2-4-17(27)16(13)10-25/h2-9,11H,12H2,1H3,(H,26,30). The zero-order valence-electron chi connectivity index (χ0n) is 16.1. The normalized spacial score (nSPS) is 18.9.